The molecule has 2 rings (SSSR count). The van der Waals surface area contributed by atoms with Gasteiger partial charge >= 0.3 is 0 Å². The first-order valence-electron chi connectivity index (χ1n) is 5.41. The Morgan fingerprint density at radius 2 is 2.06 bits per heavy atom. The molecule has 0 aliphatic rings. The van der Waals surface area contributed by atoms with Gasteiger partial charge in [-0.25, -0.2) is 4.39 Å². The second kappa shape index (κ2) is 5.75. The van der Waals surface area contributed by atoms with Crippen molar-refractivity contribution in [3.05, 3.63) is 64.7 Å². The number of hydrogen-bond acceptors (Lipinski definition) is 1. The molecule has 0 spiro atoms. The lowest BCUT2D eigenvalue weighted by Gasteiger charge is -2.05. The number of nitrogens with zero attached hydrogens (tertiary/aromatic N) is 1. The molecule has 0 bridgehead atoms. The van der Waals surface area contributed by atoms with Crippen LogP contribution in [0.2, 0.25) is 5.02 Å². The number of pyridine rings is 1. The Morgan fingerprint density at radius 1 is 1.18 bits per heavy atom. The van der Waals surface area contributed by atoms with Gasteiger partial charge in [-0.1, -0.05) is 23.7 Å². The molecule has 0 saturated carbocycles. The van der Waals surface area contributed by atoms with Crippen molar-refractivity contribution in [1.82, 2.24) is 4.98 Å². The normalized spacial score (nSPS) is 10.5. The first-order valence-corrected chi connectivity index (χ1v) is 5.78. The van der Waals surface area contributed by atoms with Gasteiger partial charge in [-0.15, -0.1) is 0 Å². The van der Waals surface area contributed by atoms with Gasteiger partial charge in [0.15, 0.2) is 0 Å². The number of quaternary nitrogens is 1. The molecule has 0 unspecified atom stereocenters. The highest BCUT2D eigenvalue weighted by Gasteiger charge is 2.08. The van der Waals surface area contributed by atoms with Crippen molar-refractivity contribution in [2.24, 2.45) is 0 Å². The van der Waals surface area contributed by atoms with E-state index in [9.17, 15) is 4.39 Å². The Bertz CT molecular complexity index is 468. The Balaban J connectivity index is 1.95. The molecular formula is C13H13ClFN2+. The second-order valence-corrected chi connectivity index (χ2v) is 4.17. The van der Waals surface area contributed by atoms with E-state index >= 15 is 0 Å². The van der Waals surface area contributed by atoms with Gasteiger partial charge in [0, 0.05) is 18.0 Å². The lowest BCUT2D eigenvalue weighted by Crippen LogP contribution is -2.80. The van der Waals surface area contributed by atoms with Crippen LogP contribution in [-0.4, -0.2) is 4.98 Å². The lowest BCUT2D eigenvalue weighted by atomic mass is 10.2. The SMILES string of the molecule is Fc1cccc(Cl)c1C[NH2+]Cc1cccnc1. The zero-order valence-corrected chi connectivity index (χ0v) is 9.99. The molecule has 0 aliphatic heterocycles. The van der Waals surface area contributed by atoms with Crippen LogP contribution in [0.25, 0.3) is 0 Å². The number of rotatable bonds is 4. The molecule has 0 fully saturated rings. The summed E-state index contributed by atoms with van der Waals surface area (Å²) in [5, 5.41) is 2.48. The van der Waals surface area contributed by atoms with Crippen LogP contribution >= 0.6 is 11.6 Å². The molecule has 0 radical (unpaired) electrons. The fourth-order valence-electron chi connectivity index (χ4n) is 1.63. The van der Waals surface area contributed by atoms with E-state index < -0.39 is 0 Å². The quantitative estimate of drug-likeness (QED) is 0.887. The van der Waals surface area contributed by atoms with Crippen molar-refractivity contribution in [2.75, 3.05) is 0 Å². The summed E-state index contributed by atoms with van der Waals surface area (Å²) in [7, 11) is 0. The summed E-state index contributed by atoms with van der Waals surface area (Å²) in [6.45, 7) is 1.29. The van der Waals surface area contributed by atoms with Gasteiger partial charge in [-0.05, 0) is 18.2 Å². The van der Waals surface area contributed by atoms with Crippen molar-refractivity contribution in [2.45, 2.75) is 13.1 Å². The summed E-state index contributed by atoms with van der Waals surface area (Å²) in [4.78, 5) is 4.03. The summed E-state index contributed by atoms with van der Waals surface area (Å²) in [5.74, 6) is -0.250. The Kier molecular flexibility index (Phi) is 4.07. The van der Waals surface area contributed by atoms with Crippen LogP contribution in [0.4, 0.5) is 4.39 Å². The first-order chi connectivity index (χ1) is 8.27. The average Bonchev–Trinajstić information content (AvgIpc) is 2.34. The minimum atomic E-state index is -0.250. The fourth-order valence-corrected chi connectivity index (χ4v) is 1.87. The van der Waals surface area contributed by atoms with E-state index in [0.717, 1.165) is 12.1 Å². The molecule has 2 nitrogen and oxygen atoms in total. The van der Waals surface area contributed by atoms with Crippen molar-refractivity contribution in [3.8, 4) is 0 Å². The Hall–Kier alpha value is -1.45. The smallest absolute Gasteiger partial charge is 0.133 e. The van der Waals surface area contributed by atoms with Gasteiger partial charge in [0.05, 0.1) is 10.6 Å². The molecule has 4 heteroatoms. The zero-order valence-electron chi connectivity index (χ0n) is 9.24. The summed E-state index contributed by atoms with van der Waals surface area (Å²) in [5.41, 5.74) is 1.66. The highest BCUT2D eigenvalue weighted by atomic mass is 35.5. The van der Waals surface area contributed by atoms with E-state index in [4.69, 9.17) is 11.6 Å². The van der Waals surface area contributed by atoms with E-state index in [0.29, 0.717) is 17.1 Å². The third kappa shape index (κ3) is 3.25. The lowest BCUT2D eigenvalue weighted by molar-refractivity contribution is -0.686. The number of nitrogens with two attached hydrogens (primary N) is 1. The predicted molar refractivity (Wildman–Crippen MR) is 65.0 cm³/mol. The average molecular weight is 252 g/mol. The summed E-state index contributed by atoms with van der Waals surface area (Å²) >= 11 is 5.94. The maximum Gasteiger partial charge on any atom is 0.133 e. The maximum atomic E-state index is 13.5. The van der Waals surface area contributed by atoms with Gasteiger partial charge < -0.3 is 5.32 Å². The zero-order chi connectivity index (χ0) is 12.1. The van der Waals surface area contributed by atoms with Crippen LogP contribution in [0.3, 0.4) is 0 Å². The molecule has 88 valence electrons. The summed E-state index contributed by atoms with van der Waals surface area (Å²) < 4.78 is 13.5. The number of aromatic nitrogens is 1. The van der Waals surface area contributed by atoms with E-state index in [1.807, 2.05) is 17.4 Å². The topological polar surface area (TPSA) is 29.5 Å². The van der Waals surface area contributed by atoms with Crippen molar-refractivity contribution in [3.63, 3.8) is 0 Å². The van der Waals surface area contributed by atoms with Gasteiger partial charge in [0.1, 0.15) is 18.9 Å². The van der Waals surface area contributed by atoms with Crippen molar-refractivity contribution < 1.29 is 9.71 Å². The van der Waals surface area contributed by atoms with Crippen LogP contribution < -0.4 is 5.32 Å². The third-order valence-electron chi connectivity index (χ3n) is 2.51. The first kappa shape index (κ1) is 12.0. The van der Waals surface area contributed by atoms with Gasteiger partial charge in [-0.2, -0.15) is 0 Å². The van der Waals surface area contributed by atoms with Crippen molar-refractivity contribution >= 4 is 11.6 Å². The van der Waals surface area contributed by atoms with E-state index in [1.54, 1.807) is 24.5 Å². The molecule has 1 heterocycles. The molecule has 2 aromatic rings. The number of benzene rings is 1. The molecule has 17 heavy (non-hydrogen) atoms. The molecule has 0 aliphatic carbocycles. The molecule has 1 aromatic heterocycles. The van der Waals surface area contributed by atoms with Crippen LogP contribution in [0, 0.1) is 5.82 Å². The van der Waals surface area contributed by atoms with Crippen molar-refractivity contribution in [1.29, 1.82) is 0 Å². The van der Waals surface area contributed by atoms with E-state index in [1.165, 1.54) is 6.07 Å². The standard InChI is InChI=1S/C13H12ClFN2/c14-12-4-1-5-13(15)11(12)9-17-8-10-3-2-6-16-7-10/h1-7,17H,8-9H2/p+1. The molecule has 0 saturated heterocycles. The molecular weight excluding hydrogens is 239 g/mol. The minimum absolute atomic E-state index is 0.250. The second-order valence-electron chi connectivity index (χ2n) is 3.76. The summed E-state index contributed by atoms with van der Waals surface area (Å²) in [6.07, 6.45) is 3.54. The number of hydrogen-bond donors (Lipinski definition) is 1. The molecule has 0 atom stereocenters. The summed E-state index contributed by atoms with van der Waals surface area (Å²) in [6, 6.07) is 8.63. The molecule has 0 amide bonds. The van der Waals surface area contributed by atoms with Gasteiger partial charge in [0.2, 0.25) is 0 Å². The minimum Gasteiger partial charge on any atom is -0.339 e. The Labute approximate surface area is 104 Å². The largest absolute Gasteiger partial charge is 0.339 e. The van der Waals surface area contributed by atoms with Gasteiger partial charge in [0.25, 0.3) is 0 Å². The Morgan fingerprint density at radius 3 is 2.76 bits per heavy atom. The third-order valence-corrected chi connectivity index (χ3v) is 2.87. The predicted octanol–water partition coefficient (Wildman–Crippen LogP) is 2.14. The van der Waals surface area contributed by atoms with Crippen LogP contribution in [0.15, 0.2) is 42.7 Å². The van der Waals surface area contributed by atoms with E-state index in [2.05, 4.69) is 4.98 Å². The highest BCUT2D eigenvalue weighted by Crippen LogP contribution is 2.17. The van der Waals surface area contributed by atoms with Crippen LogP contribution in [0.5, 0.6) is 0 Å². The van der Waals surface area contributed by atoms with Crippen LogP contribution in [0.1, 0.15) is 11.1 Å². The van der Waals surface area contributed by atoms with Gasteiger partial charge in [-0.3, -0.25) is 4.98 Å². The molecule has 2 N–H and O–H groups in total. The van der Waals surface area contributed by atoms with E-state index in [-0.39, 0.29) is 5.82 Å². The maximum absolute atomic E-state index is 13.5. The molecule has 1 aromatic carbocycles. The van der Waals surface area contributed by atoms with Crippen LogP contribution in [-0.2, 0) is 13.1 Å². The highest BCUT2D eigenvalue weighted by molar-refractivity contribution is 6.31. The monoisotopic (exact) mass is 251 g/mol. The fraction of sp³-hybridized carbons (Fsp3) is 0.154. The number of halogens is 2.